The summed E-state index contributed by atoms with van der Waals surface area (Å²) in [7, 11) is 1.43. The number of aryl methyl sites for hydroxylation is 1. The minimum absolute atomic E-state index is 0.0605. The molecule has 0 aliphatic heterocycles. The number of nitro benzene ring substituents is 1. The molecule has 152 valence electrons. The van der Waals surface area contributed by atoms with Crippen LogP contribution in [0.4, 0.5) is 5.69 Å². The smallest absolute Gasteiger partial charge is 0.297 e. The number of ether oxygens (including phenoxy) is 2. The van der Waals surface area contributed by atoms with Crippen LogP contribution in [0.3, 0.4) is 0 Å². The van der Waals surface area contributed by atoms with Crippen molar-refractivity contribution in [2.45, 2.75) is 53.0 Å². The van der Waals surface area contributed by atoms with Crippen LogP contribution in [0.25, 0.3) is 10.9 Å². The lowest BCUT2D eigenvalue weighted by atomic mass is 10.1. The Morgan fingerprint density at radius 1 is 1.21 bits per heavy atom. The van der Waals surface area contributed by atoms with Crippen LogP contribution in [0.2, 0.25) is 0 Å². The molecule has 0 spiro atoms. The van der Waals surface area contributed by atoms with Gasteiger partial charge in [-0.15, -0.1) is 0 Å². The SMILES string of the molecule is CCCCCCn1c(=O)c(OC)c(OCC=C(C)C)c2ccc([N+](=O)[O-])cc21. The highest BCUT2D eigenvalue weighted by Crippen LogP contribution is 2.34. The summed E-state index contributed by atoms with van der Waals surface area (Å²) in [4.78, 5) is 23.8. The second-order valence-corrected chi connectivity index (χ2v) is 6.93. The third-order valence-electron chi connectivity index (χ3n) is 4.53. The molecule has 28 heavy (non-hydrogen) atoms. The Balaban J connectivity index is 2.63. The van der Waals surface area contributed by atoms with Crippen LogP contribution in [-0.2, 0) is 6.54 Å². The number of non-ortho nitro benzene ring substituents is 1. The first-order valence-corrected chi connectivity index (χ1v) is 9.55. The lowest BCUT2D eigenvalue weighted by Crippen LogP contribution is -2.23. The molecule has 7 nitrogen and oxygen atoms in total. The van der Waals surface area contributed by atoms with Gasteiger partial charge >= 0.3 is 0 Å². The molecule has 1 heterocycles. The maximum Gasteiger partial charge on any atom is 0.297 e. The zero-order valence-electron chi connectivity index (χ0n) is 17.0. The summed E-state index contributed by atoms with van der Waals surface area (Å²) < 4.78 is 12.8. The van der Waals surface area contributed by atoms with Crippen LogP contribution in [-0.4, -0.2) is 23.2 Å². The summed E-state index contributed by atoms with van der Waals surface area (Å²) in [6, 6.07) is 4.47. The number of aromatic nitrogens is 1. The van der Waals surface area contributed by atoms with Crippen molar-refractivity contribution in [3.8, 4) is 11.5 Å². The molecule has 0 radical (unpaired) electrons. The van der Waals surface area contributed by atoms with Gasteiger partial charge in [0.2, 0.25) is 5.75 Å². The normalized spacial score (nSPS) is 10.7. The van der Waals surface area contributed by atoms with Gasteiger partial charge in [-0.1, -0.05) is 31.8 Å². The van der Waals surface area contributed by atoms with Gasteiger partial charge in [0, 0.05) is 24.1 Å². The lowest BCUT2D eigenvalue weighted by molar-refractivity contribution is -0.384. The fourth-order valence-corrected chi connectivity index (χ4v) is 3.03. The van der Waals surface area contributed by atoms with E-state index in [9.17, 15) is 14.9 Å². The molecule has 0 fully saturated rings. The fourth-order valence-electron chi connectivity index (χ4n) is 3.03. The van der Waals surface area contributed by atoms with Crippen molar-refractivity contribution in [3.05, 3.63) is 50.3 Å². The Kier molecular flexibility index (Phi) is 7.61. The van der Waals surface area contributed by atoms with E-state index in [1.54, 1.807) is 10.6 Å². The lowest BCUT2D eigenvalue weighted by Gasteiger charge is -2.17. The van der Waals surface area contributed by atoms with Crippen molar-refractivity contribution >= 4 is 16.6 Å². The molecule has 0 N–H and O–H groups in total. The molecule has 0 aliphatic carbocycles. The Hall–Kier alpha value is -2.83. The van der Waals surface area contributed by atoms with Crippen molar-refractivity contribution in [1.29, 1.82) is 0 Å². The van der Waals surface area contributed by atoms with Gasteiger partial charge in [0.15, 0.2) is 5.75 Å². The van der Waals surface area contributed by atoms with Crippen LogP contribution in [0, 0.1) is 10.1 Å². The largest absolute Gasteiger partial charge is 0.488 e. The first-order chi connectivity index (χ1) is 13.4. The third kappa shape index (κ3) is 4.91. The number of allylic oxidation sites excluding steroid dienone is 1. The number of nitrogens with zero attached hydrogens (tertiary/aromatic N) is 2. The number of hydrogen-bond acceptors (Lipinski definition) is 5. The molecule has 1 aromatic carbocycles. The molecule has 0 atom stereocenters. The minimum Gasteiger partial charge on any atom is -0.488 e. The van der Waals surface area contributed by atoms with Crippen molar-refractivity contribution in [2.24, 2.45) is 0 Å². The van der Waals surface area contributed by atoms with Crippen LogP contribution >= 0.6 is 0 Å². The van der Waals surface area contributed by atoms with E-state index < -0.39 is 4.92 Å². The molecule has 0 saturated carbocycles. The van der Waals surface area contributed by atoms with E-state index in [1.165, 1.54) is 19.2 Å². The molecule has 2 aromatic rings. The van der Waals surface area contributed by atoms with Gasteiger partial charge < -0.3 is 14.0 Å². The number of rotatable bonds is 10. The quantitative estimate of drug-likeness (QED) is 0.252. The summed E-state index contributed by atoms with van der Waals surface area (Å²) in [6.07, 6.45) is 5.86. The Labute approximate surface area is 164 Å². The first-order valence-electron chi connectivity index (χ1n) is 9.55. The topological polar surface area (TPSA) is 83.6 Å². The number of nitro groups is 1. The van der Waals surface area contributed by atoms with E-state index in [1.807, 2.05) is 19.9 Å². The molecule has 0 aliphatic rings. The summed E-state index contributed by atoms with van der Waals surface area (Å²) in [5, 5.41) is 11.9. The predicted molar refractivity (Wildman–Crippen MR) is 110 cm³/mol. The van der Waals surface area contributed by atoms with Gasteiger partial charge in [0.25, 0.3) is 11.2 Å². The molecule has 0 amide bonds. The molecular formula is C21H28N2O5. The Bertz CT molecular complexity index is 927. The van der Waals surface area contributed by atoms with Crippen molar-refractivity contribution < 1.29 is 14.4 Å². The van der Waals surface area contributed by atoms with Crippen molar-refractivity contribution in [3.63, 3.8) is 0 Å². The van der Waals surface area contributed by atoms with Crippen molar-refractivity contribution in [1.82, 2.24) is 4.57 Å². The second kappa shape index (κ2) is 9.92. The highest BCUT2D eigenvalue weighted by Gasteiger charge is 2.21. The maximum atomic E-state index is 13.0. The van der Waals surface area contributed by atoms with Crippen LogP contribution < -0.4 is 15.0 Å². The highest BCUT2D eigenvalue weighted by atomic mass is 16.6. The molecule has 0 saturated heterocycles. The van der Waals surface area contributed by atoms with Gasteiger partial charge in [-0.05, 0) is 32.4 Å². The highest BCUT2D eigenvalue weighted by molar-refractivity contribution is 5.89. The van der Waals surface area contributed by atoms with E-state index in [-0.39, 0.29) is 23.6 Å². The van der Waals surface area contributed by atoms with Gasteiger partial charge in [0.1, 0.15) is 6.61 Å². The Morgan fingerprint density at radius 2 is 1.96 bits per heavy atom. The van der Waals surface area contributed by atoms with Crippen LogP contribution in [0.1, 0.15) is 46.5 Å². The molecule has 1 aromatic heterocycles. The minimum atomic E-state index is -0.459. The first kappa shape index (κ1) is 21.5. The monoisotopic (exact) mass is 388 g/mol. The standard InChI is InChI=1S/C21H28N2O5/c1-5-6-7-8-12-22-18-14-16(23(25)26)9-10-17(18)19(20(27-4)21(22)24)28-13-11-15(2)3/h9-11,14H,5-8,12-13H2,1-4H3. The van der Waals surface area contributed by atoms with Crippen LogP contribution in [0.15, 0.2) is 34.6 Å². The van der Waals surface area contributed by atoms with E-state index >= 15 is 0 Å². The zero-order valence-corrected chi connectivity index (χ0v) is 17.0. The van der Waals surface area contributed by atoms with Gasteiger partial charge in [0.05, 0.1) is 17.5 Å². The average Bonchev–Trinajstić information content (AvgIpc) is 2.66. The second-order valence-electron chi connectivity index (χ2n) is 6.93. The van der Waals surface area contributed by atoms with E-state index in [4.69, 9.17) is 9.47 Å². The fraction of sp³-hybridized carbons (Fsp3) is 0.476. The number of unbranched alkanes of at least 4 members (excludes halogenated alkanes) is 3. The summed E-state index contributed by atoms with van der Waals surface area (Å²) in [5.74, 6) is 0.443. The van der Waals surface area contributed by atoms with Gasteiger partial charge in [-0.3, -0.25) is 14.9 Å². The zero-order chi connectivity index (χ0) is 20.7. The average molecular weight is 388 g/mol. The molecule has 7 heteroatoms. The molecule has 0 bridgehead atoms. The number of hydrogen-bond donors (Lipinski definition) is 0. The summed E-state index contributed by atoms with van der Waals surface area (Å²) >= 11 is 0. The molecule has 2 rings (SSSR count). The molecular weight excluding hydrogens is 360 g/mol. The molecule has 0 unspecified atom stereocenters. The number of methoxy groups -OCH3 is 1. The third-order valence-corrected chi connectivity index (χ3v) is 4.53. The van der Waals surface area contributed by atoms with E-state index in [0.717, 1.165) is 31.3 Å². The summed E-state index contributed by atoms with van der Waals surface area (Å²) in [6.45, 7) is 6.78. The number of fused-ring (bicyclic) bond motifs is 1. The van der Waals surface area contributed by atoms with E-state index in [0.29, 0.717) is 23.2 Å². The number of benzene rings is 1. The van der Waals surface area contributed by atoms with E-state index in [2.05, 4.69) is 6.92 Å². The number of pyridine rings is 1. The van der Waals surface area contributed by atoms with Crippen molar-refractivity contribution in [2.75, 3.05) is 13.7 Å². The van der Waals surface area contributed by atoms with Gasteiger partial charge in [-0.25, -0.2) is 0 Å². The Morgan fingerprint density at radius 3 is 2.57 bits per heavy atom. The van der Waals surface area contributed by atoms with Crippen LogP contribution in [0.5, 0.6) is 11.5 Å². The van der Waals surface area contributed by atoms with Gasteiger partial charge in [-0.2, -0.15) is 0 Å². The predicted octanol–water partition coefficient (Wildman–Crippen LogP) is 4.84. The maximum absolute atomic E-state index is 13.0. The summed E-state index contributed by atoms with van der Waals surface area (Å²) in [5.41, 5.74) is 1.18.